The summed E-state index contributed by atoms with van der Waals surface area (Å²) in [5.74, 6) is -1.99. The summed E-state index contributed by atoms with van der Waals surface area (Å²) in [6.45, 7) is 0. The summed E-state index contributed by atoms with van der Waals surface area (Å²) in [4.78, 5) is 27.3. The van der Waals surface area contributed by atoms with Crippen LogP contribution < -0.4 is 4.90 Å². The van der Waals surface area contributed by atoms with Gasteiger partial charge >= 0.3 is 0 Å². The fraction of sp³-hybridized carbons (Fsp3) is 0.0435. The van der Waals surface area contributed by atoms with Crippen molar-refractivity contribution in [1.82, 2.24) is 0 Å². The number of benzene rings is 3. The number of aromatic hydroxyl groups is 1. The molecule has 1 fully saturated rings. The zero-order valence-electron chi connectivity index (χ0n) is 15.7. The number of phenols is 1. The van der Waals surface area contributed by atoms with Gasteiger partial charge in [-0.05, 0) is 60.2 Å². The van der Waals surface area contributed by atoms with E-state index in [1.54, 1.807) is 42.5 Å². The molecule has 0 bridgehead atoms. The normalized spacial score (nSPS) is 17.9. The van der Waals surface area contributed by atoms with E-state index in [-0.39, 0.29) is 22.1 Å². The molecule has 0 aliphatic carbocycles. The number of amides is 1. The van der Waals surface area contributed by atoms with Crippen molar-refractivity contribution in [2.75, 3.05) is 4.90 Å². The van der Waals surface area contributed by atoms with Crippen LogP contribution in [0.2, 0.25) is 15.1 Å². The minimum atomic E-state index is -0.950. The van der Waals surface area contributed by atoms with Gasteiger partial charge in [0.25, 0.3) is 11.7 Å². The average Bonchev–Trinajstić information content (AvgIpc) is 3.01. The number of Topliss-reactive ketones (excluding diaryl/α,β-unsaturated/α-hetero) is 1. The Morgan fingerprint density at radius 3 is 2.10 bits per heavy atom. The van der Waals surface area contributed by atoms with Crippen LogP contribution in [0.5, 0.6) is 5.75 Å². The molecule has 3 aromatic rings. The van der Waals surface area contributed by atoms with Crippen LogP contribution >= 0.6 is 34.8 Å². The van der Waals surface area contributed by atoms with Gasteiger partial charge in [-0.1, -0.05) is 46.9 Å². The summed E-state index contributed by atoms with van der Waals surface area (Å²) in [5.41, 5.74) is 1.09. The maximum Gasteiger partial charge on any atom is 0.300 e. The molecule has 31 heavy (non-hydrogen) atoms. The van der Waals surface area contributed by atoms with Crippen molar-refractivity contribution in [3.63, 3.8) is 0 Å². The van der Waals surface area contributed by atoms with E-state index in [9.17, 15) is 19.8 Å². The van der Waals surface area contributed by atoms with Crippen LogP contribution in [0.25, 0.3) is 5.76 Å². The van der Waals surface area contributed by atoms with Gasteiger partial charge < -0.3 is 10.2 Å². The molecule has 0 aromatic heterocycles. The number of ketones is 1. The maximum atomic E-state index is 13.0. The molecule has 156 valence electrons. The number of aliphatic hydroxyl groups excluding tert-OH is 1. The Hall–Kier alpha value is -2.99. The molecule has 1 atom stereocenters. The average molecular weight is 475 g/mol. The fourth-order valence-corrected chi connectivity index (χ4v) is 3.89. The van der Waals surface area contributed by atoms with Gasteiger partial charge in [-0.25, -0.2) is 0 Å². The second-order valence-corrected chi connectivity index (χ2v) is 8.12. The molecule has 0 saturated carbocycles. The van der Waals surface area contributed by atoms with Gasteiger partial charge in [-0.15, -0.1) is 0 Å². The van der Waals surface area contributed by atoms with Gasteiger partial charge in [-0.3, -0.25) is 14.5 Å². The third kappa shape index (κ3) is 3.88. The van der Waals surface area contributed by atoms with Gasteiger partial charge in [-0.2, -0.15) is 0 Å². The van der Waals surface area contributed by atoms with Crippen LogP contribution in [0, 0.1) is 0 Å². The smallest absolute Gasteiger partial charge is 0.300 e. The second kappa shape index (κ2) is 8.27. The standard InChI is InChI=1S/C23H14Cl3NO4/c24-14-5-1-13(2-6-14)21(29)19-20(12-3-8-16(28)9-4-12)27(23(31)22(19)30)15-7-10-17(25)18(26)11-15/h1-11,20,28-29H/b21-19+. The molecule has 0 spiro atoms. The summed E-state index contributed by atoms with van der Waals surface area (Å²) in [7, 11) is 0. The van der Waals surface area contributed by atoms with Crippen molar-refractivity contribution in [2.24, 2.45) is 0 Å². The van der Waals surface area contributed by atoms with E-state index in [4.69, 9.17) is 34.8 Å². The quantitative estimate of drug-likeness (QED) is 0.278. The summed E-state index contributed by atoms with van der Waals surface area (Å²) < 4.78 is 0. The topological polar surface area (TPSA) is 77.8 Å². The van der Waals surface area contributed by atoms with Crippen LogP contribution in [0.3, 0.4) is 0 Å². The molecule has 0 radical (unpaired) electrons. The first-order valence-electron chi connectivity index (χ1n) is 9.09. The van der Waals surface area contributed by atoms with Gasteiger partial charge in [0, 0.05) is 16.3 Å². The molecule has 4 rings (SSSR count). The Kier molecular flexibility index (Phi) is 5.67. The fourth-order valence-electron chi connectivity index (χ4n) is 3.47. The Balaban J connectivity index is 1.95. The Bertz CT molecular complexity index is 1220. The molecule has 1 saturated heterocycles. The largest absolute Gasteiger partial charge is 0.508 e. The number of hydrogen-bond acceptors (Lipinski definition) is 4. The van der Waals surface area contributed by atoms with Crippen molar-refractivity contribution in [2.45, 2.75) is 6.04 Å². The summed E-state index contributed by atoms with van der Waals surface area (Å²) >= 11 is 18.1. The molecular weight excluding hydrogens is 461 g/mol. The van der Waals surface area contributed by atoms with E-state index in [1.807, 2.05) is 0 Å². The predicted molar refractivity (Wildman–Crippen MR) is 121 cm³/mol. The molecule has 8 heteroatoms. The van der Waals surface area contributed by atoms with Crippen LogP contribution in [-0.4, -0.2) is 21.9 Å². The molecule has 1 aliphatic rings. The molecule has 1 unspecified atom stereocenters. The lowest BCUT2D eigenvalue weighted by Gasteiger charge is -2.25. The highest BCUT2D eigenvalue weighted by Crippen LogP contribution is 2.43. The molecule has 1 amide bonds. The lowest BCUT2D eigenvalue weighted by molar-refractivity contribution is -0.132. The SMILES string of the molecule is O=C1C(=O)N(c2ccc(Cl)c(Cl)c2)C(c2ccc(O)cc2)/C1=C(\O)c1ccc(Cl)cc1. The van der Waals surface area contributed by atoms with E-state index in [1.165, 1.54) is 29.2 Å². The van der Waals surface area contributed by atoms with E-state index >= 15 is 0 Å². The number of aliphatic hydroxyl groups is 1. The van der Waals surface area contributed by atoms with Crippen LogP contribution in [0.1, 0.15) is 17.2 Å². The first-order chi connectivity index (χ1) is 14.8. The third-order valence-corrected chi connectivity index (χ3v) is 5.94. The summed E-state index contributed by atoms with van der Waals surface area (Å²) in [6.07, 6.45) is 0. The van der Waals surface area contributed by atoms with E-state index in [0.29, 0.717) is 26.9 Å². The van der Waals surface area contributed by atoms with E-state index in [0.717, 1.165) is 0 Å². The van der Waals surface area contributed by atoms with Crippen LogP contribution in [0.4, 0.5) is 5.69 Å². The van der Waals surface area contributed by atoms with Gasteiger partial charge in [0.15, 0.2) is 0 Å². The summed E-state index contributed by atoms with van der Waals surface area (Å²) in [6, 6.07) is 15.9. The van der Waals surface area contributed by atoms with Crippen molar-refractivity contribution < 1.29 is 19.8 Å². The second-order valence-electron chi connectivity index (χ2n) is 6.87. The number of carbonyl (C=O) groups is 2. The number of carbonyl (C=O) groups excluding carboxylic acids is 2. The van der Waals surface area contributed by atoms with Crippen LogP contribution in [-0.2, 0) is 9.59 Å². The van der Waals surface area contributed by atoms with Gasteiger partial charge in [0.1, 0.15) is 11.5 Å². The summed E-state index contributed by atoms with van der Waals surface area (Å²) in [5, 5.41) is 21.6. The first kappa shape index (κ1) is 21.2. The number of anilines is 1. The van der Waals surface area contributed by atoms with Gasteiger partial charge in [0.2, 0.25) is 0 Å². The number of rotatable bonds is 3. The Morgan fingerprint density at radius 1 is 0.839 bits per heavy atom. The van der Waals surface area contributed by atoms with Crippen molar-refractivity contribution in [1.29, 1.82) is 0 Å². The van der Waals surface area contributed by atoms with Crippen LogP contribution in [0.15, 0.2) is 72.3 Å². The third-order valence-electron chi connectivity index (χ3n) is 4.95. The minimum Gasteiger partial charge on any atom is -0.508 e. The molecular formula is C23H14Cl3NO4. The lowest BCUT2D eigenvalue weighted by atomic mass is 9.95. The molecule has 3 aromatic carbocycles. The number of halogens is 3. The lowest BCUT2D eigenvalue weighted by Crippen LogP contribution is -2.29. The minimum absolute atomic E-state index is 0.0212. The van der Waals surface area contributed by atoms with E-state index in [2.05, 4.69) is 0 Å². The highest BCUT2D eigenvalue weighted by molar-refractivity contribution is 6.52. The van der Waals surface area contributed by atoms with Crippen molar-refractivity contribution >= 4 is 57.9 Å². The Labute approximate surface area is 192 Å². The van der Waals surface area contributed by atoms with Gasteiger partial charge in [0.05, 0.1) is 21.7 Å². The Morgan fingerprint density at radius 2 is 1.48 bits per heavy atom. The molecule has 1 aliphatic heterocycles. The number of nitrogens with zero attached hydrogens (tertiary/aromatic N) is 1. The zero-order valence-corrected chi connectivity index (χ0v) is 18.0. The highest BCUT2D eigenvalue weighted by atomic mass is 35.5. The molecule has 1 heterocycles. The first-order valence-corrected chi connectivity index (χ1v) is 10.2. The predicted octanol–water partition coefficient (Wildman–Crippen LogP) is 5.98. The molecule has 2 N–H and O–H groups in total. The number of hydrogen-bond donors (Lipinski definition) is 2. The maximum absolute atomic E-state index is 13.0. The van der Waals surface area contributed by atoms with Crippen molar-refractivity contribution in [3.05, 3.63) is 98.5 Å². The van der Waals surface area contributed by atoms with Crippen molar-refractivity contribution in [3.8, 4) is 5.75 Å². The monoisotopic (exact) mass is 473 g/mol. The highest BCUT2D eigenvalue weighted by Gasteiger charge is 2.47. The molecule has 5 nitrogen and oxygen atoms in total. The zero-order chi connectivity index (χ0) is 22.3. The van der Waals surface area contributed by atoms with E-state index < -0.39 is 17.7 Å². The number of phenolic OH excluding ortho intramolecular Hbond substituents is 1.